The van der Waals surface area contributed by atoms with Crippen LogP contribution in [0.4, 0.5) is 0 Å². The van der Waals surface area contributed by atoms with Gasteiger partial charge in [-0.2, -0.15) is 0 Å². The molecule has 4 rings (SSSR count). The largest absolute Gasteiger partial charge is 0.459 e. The molecular formula is C22H23N3O3S. The summed E-state index contributed by atoms with van der Waals surface area (Å²) in [7, 11) is 0. The number of hydrogen-bond acceptors (Lipinski definition) is 5. The Hall–Kier alpha value is -2.93. The molecular weight excluding hydrogens is 386 g/mol. The first-order valence-electron chi connectivity index (χ1n) is 9.75. The predicted octanol–water partition coefficient (Wildman–Crippen LogP) is 3.81. The molecule has 1 aliphatic rings. The third-order valence-corrected chi connectivity index (χ3v) is 5.88. The highest BCUT2D eigenvalue weighted by Gasteiger charge is 2.20. The Labute approximate surface area is 173 Å². The number of fused-ring (bicyclic) bond motifs is 1. The molecule has 150 valence electrons. The summed E-state index contributed by atoms with van der Waals surface area (Å²) in [4.78, 5) is 31.0. The molecule has 0 saturated carbocycles. The van der Waals surface area contributed by atoms with E-state index >= 15 is 0 Å². The second-order valence-electron chi connectivity index (χ2n) is 7.14. The van der Waals surface area contributed by atoms with Crippen LogP contribution >= 0.6 is 11.3 Å². The Kier molecular flexibility index (Phi) is 5.76. The minimum absolute atomic E-state index is 0.137. The van der Waals surface area contributed by atoms with Crippen molar-refractivity contribution < 1.29 is 14.0 Å². The first kappa shape index (κ1) is 19.4. The highest BCUT2D eigenvalue weighted by atomic mass is 32.1. The average Bonchev–Trinajstić information content (AvgIpc) is 3.39. The highest BCUT2D eigenvalue weighted by Crippen LogP contribution is 2.25. The Morgan fingerprint density at radius 3 is 2.83 bits per heavy atom. The van der Waals surface area contributed by atoms with Gasteiger partial charge in [0.2, 0.25) is 5.91 Å². The van der Waals surface area contributed by atoms with Crippen molar-refractivity contribution >= 4 is 23.2 Å². The van der Waals surface area contributed by atoms with Crippen LogP contribution in [0.25, 0.3) is 10.8 Å². The molecule has 0 bridgehead atoms. The lowest BCUT2D eigenvalue weighted by molar-refractivity contribution is -0.132. The molecule has 0 radical (unpaired) electrons. The zero-order valence-electron chi connectivity index (χ0n) is 16.3. The van der Waals surface area contributed by atoms with Gasteiger partial charge >= 0.3 is 0 Å². The van der Waals surface area contributed by atoms with Gasteiger partial charge in [0.25, 0.3) is 5.91 Å². The van der Waals surface area contributed by atoms with E-state index in [1.54, 1.807) is 5.38 Å². The number of benzene rings is 1. The third kappa shape index (κ3) is 4.56. The van der Waals surface area contributed by atoms with Crippen molar-refractivity contribution in [1.82, 2.24) is 15.2 Å². The molecule has 7 heteroatoms. The van der Waals surface area contributed by atoms with Crippen LogP contribution in [-0.2, 0) is 17.8 Å². The van der Waals surface area contributed by atoms with Gasteiger partial charge in [-0.15, -0.1) is 11.3 Å². The first-order valence-corrected chi connectivity index (χ1v) is 10.6. The molecule has 0 fully saturated rings. The number of carbonyl (C=O) groups is 2. The number of aromatic nitrogens is 1. The number of nitrogens with one attached hydrogen (secondary N) is 1. The van der Waals surface area contributed by atoms with Crippen LogP contribution in [0.5, 0.6) is 0 Å². The summed E-state index contributed by atoms with van der Waals surface area (Å²) < 4.78 is 5.54. The number of rotatable bonds is 6. The normalized spacial score (nSPS) is 13.2. The van der Waals surface area contributed by atoms with Crippen molar-refractivity contribution in [2.24, 2.45) is 0 Å². The molecule has 3 heterocycles. The Morgan fingerprint density at radius 1 is 1.21 bits per heavy atom. The molecule has 0 atom stereocenters. The molecule has 0 saturated heterocycles. The van der Waals surface area contributed by atoms with Gasteiger partial charge in [-0.05, 0) is 43.0 Å². The minimum Gasteiger partial charge on any atom is -0.459 e. The average molecular weight is 410 g/mol. The van der Waals surface area contributed by atoms with E-state index in [9.17, 15) is 9.59 Å². The van der Waals surface area contributed by atoms with E-state index in [-0.39, 0.29) is 11.8 Å². The molecule has 29 heavy (non-hydrogen) atoms. The van der Waals surface area contributed by atoms with E-state index in [0.29, 0.717) is 42.4 Å². The smallest absolute Gasteiger partial charge is 0.270 e. The van der Waals surface area contributed by atoms with E-state index in [1.165, 1.54) is 22.5 Å². The third-order valence-electron chi connectivity index (χ3n) is 5.02. The Bertz CT molecular complexity index is 1020. The van der Waals surface area contributed by atoms with Crippen LogP contribution in [0.2, 0.25) is 0 Å². The summed E-state index contributed by atoms with van der Waals surface area (Å²) in [5, 5.41) is 5.25. The molecule has 1 aliphatic heterocycles. The number of carbonyl (C=O) groups excluding carboxylic acids is 2. The minimum atomic E-state index is -0.227. The van der Waals surface area contributed by atoms with Crippen LogP contribution in [-0.4, -0.2) is 34.8 Å². The van der Waals surface area contributed by atoms with Crippen molar-refractivity contribution in [3.63, 3.8) is 0 Å². The van der Waals surface area contributed by atoms with Crippen molar-refractivity contribution in [2.75, 3.05) is 13.1 Å². The second kappa shape index (κ2) is 8.61. The van der Waals surface area contributed by atoms with Crippen LogP contribution < -0.4 is 5.32 Å². The van der Waals surface area contributed by atoms with E-state index in [4.69, 9.17) is 4.42 Å². The van der Waals surface area contributed by atoms with Gasteiger partial charge in [-0.3, -0.25) is 9.59 Å². The number of hydrogen-bond donors (Lipinski definition) is 1. The summed E-state index contributed by atoms with van der Waals surface area (Å²) in [6.07, 6.45) is 1.94. The molecule has 2 aromatic heterocycles. The summed E-state index contributed by atoms with van der Waals surface area (Å²) in [6.45, 7) is 3.75. The molecule has 0 spiro atoms. The Balaban J connectivity index is 1.22. The van der Waals surface area contributed by atoms with Gasteiger partial charge in [0.05, 0.1) is 0 Å². The molecule has 6 nitrogen and oxygen atoms in total. The molecule has 0 unspecified atom stereocenters. The maximum atomic E-state index is 12.5. The fourth-order valence-corrected chi connectivity index (χ4v) is 4.20. The zero-order chi connectivity index (χ0) is 20.2. The lowest BCUT2D eigenvalue weighted by Crippen LogP contribution is -2.36. The SMILES string of the molecule is Cc1ccc(-c2nc(C(=O)NCCCC(=O)N3CCc4ccccc4C3)cs2)o1. The fourth-order valence-electron chi connectivity index (χ4n) is 3.44. The number of aryl methyl sites for hydroxylation is 1. The maximum Gasteiger partial charge on any atom is 0.270 e. The number of nitrogens with zero attached hydrogens (tertiary/aromatic N) is 2. The van der Waals surface area contributed by atoms with Crippen molar-refractivity contribution in [3.05, 3.63) is 64.4 Å². The van der Waals surface area contributed by atoms with Crippen molar-refractivity contribution in [2.45, 2.75) is 32.7 Å². The number of furan rings is 1. The fraction of sp³-hybridized carbons (Fsp3) is 0.318. The standard InChI is InChI=1S/C22H23N3O3S/c1-15-8-9-19(28-15)22-24-18(14-29-22)21(27)23-11-4-7-20(26)25-12-10-16-5-2-3-6-17(16)13-25/h2-3,5-6,8-9,14H,4,7,10-13H2,1H3,(H,23,27). The van der Waals surface area contributed by atoms with Crippen LogP contribution in [0.3, 0.4) is 0 Å². The van der Waals surface area contributed by atoms with Gasteiger partial charge in [0, 0.05) is 31.4 Å². The van der Waals surface area contributed by atoms with E-state index < -0.39 is 0 Å². The summed E-state index contributed by atoms with van der Waals surface area (Å²) >= 11 is 1.38. The van der Waals surface area contributed by atoms with Crippen molar-refractivity contribution in [3.8, 4) is 10.8 Å². The zero-order valence-corrected chi connectivity index (χ0v) is 17.1. The van der Waals surface area contributed by atoms with Gasteiger partial charge in [0.15, 0.2) is 10.8 Å². The number of thiazole rings is 1. The first-order chi connectivity index (χ1) is 14.1. The molecule has 0 aliphatic carbocycles. The second-order valence-corrected chi connectivity index (χ2v) is 8.00. The molecule has 3 aromatic rings. The van der Waals surface area contributed by atoms with Gasteiger partial charge in [0.1, 0.15) is 11.5 Å². The molecule has 2 amide bonds. The van der Waals surface area contributed by atoms with Crippen LogP contribution in [0.15, 0.2) is 46.2 Å². The quantitative estimate of drug-likeness (QED) is 0.628. The van der Waals surface area contributed by atoms with Gasteiger partial charge in [-0.1, -0.05) is 24.3 Å². The van der Waals surface area contributed by atoms with Crippen LogP contribution in [0, 0.1) is 6.92 Å². The Morgan fingerprint density at radius 2 is 2.03 bits per heavy atom. The lowest BCUT2D eigenvalue weighted by atomic mass is 9.99. The van der Waals surface area contributed by atoms with E-state index in [0.717, 1.165) is 18.7 Å². The van der Waals surface area contributed by atoms with E-state index in [2.05, 4.69) is 22.4 Å². The highest BCUT2D eigenvalue weighted by molar-refractivity contribution is 7.13. The maximum absolute atomic E-state index is 12.5. The van der Waals surface area contributed by atoms with Crippen molar-refractivity contribution in [1.29, 1.82) is 0 Å². The number of amides is 2. The van der Waals surface area contributed by atoms with Crippen LogP contribution in [0.1, 0.15) is 40.2 Å². The predicted molar refractivity (Wildman–Crippen MR) is 112 cm³/mol. The summed E-state index contributed by atoms with van der Waals surface area (Å²) in [6, 6.07) is 12.0. The summed E-state index contributed by atoms with van der Waals surface area (Å²) in [5.74, 6) is 1.39. The van der Waals surface area contributed by atoms with Gasteiger partial charge in [-0.25, -0.2) is 4.98 Å². The topological polar surface area (TPSA) is 75.4 Å². The summed E-state index contributed by atoms with van der Waals surface area (Å²) in [5.41, 5.74) is 2.93. The molecule has 1 N–H and O–H groups in total. The molecule has 1 aromatic carbocycles. The lowest BCUT2D eigenvalue weighted by Gasteiger charge is -2.29. The van der Waals surface area contributed by atoms with E-state index in [1.807, 2.05) is 36.1 Å². The monoisotopic (exact) mass is 409 g/mol. The van der Waals surface area contributed by atoms with Gasteiger partial charge < -0.3 is 14.6 Å².